The highest BCUT2D eigenvalue weighted by Gasteiger charge is 2.20. The molecule has 0 amide bonds. The summed E-state index contributed by atoms with van der Waals surface area (Å²) in [7, 11) is 0. The minimum absolute atomic E-state index is 0.239. The van der Waals surface area contributed by atoms with Crippen LogP contribution in [-0.2, 0) is 0 Å². The van der Waals surface area contributed by atoms with E-state index in [1.165, 1.54) is 6.07 Å². The monoisotopic (exact) mass is 355 g/mol. The zero-order chi connectivity index (χ0) is 14.7. The predicted octanol–water partition coefficient (Wildman–Crippen LogP) is 5.25. The summed E-state index contributed by atoms with van der Waals surface area (Å²) in [5.74, 6) is -0.239. The maximum absolute atomic E-state index is 14.2. The zero-order valence-electron chi connectivity index (χ0n) is 11.4. The summed E-state index contributed by atoms with van der Waals surface area (Å²) in [6.07, 6.45) is 0. The molecule has 0 saturated heterocycles. The molecule has 0 saturated carbocycles. The van der Waals surface area contributed by atoms with Crippen LogP contribution in [-0.4, -0.2) is 6.54 Å². The molecule has 20 heavy (non-hydrogen) atoms. The molecule has 1 nitrogen and oxygen atoms in total. The van der Waals surface area contributed by atoms with Crippen molar-refractivity contribution >= 4 is 27.5 Å². The van der Waals surface area contributed by atoms with E-state index in [9.17, 15) is 4.39 Å². The van der Waals surface area contributed by atoms with Crippen LogP contribution in [0.15, 0.2) is 40.9 Å². The van der Waals surface area contributed by atoms with Crippen molar-refractivity contribution in [3.8, 4) is 0 Å². The molecule has 0 aromatic heterocycles. The molecule has 0 bridgehead atoms. The number of benzene rings is 2. The van der Waals surface area contributed by atoms with Crippen LogP contribution < -0.4 is 5.32 Å². The summed E-state index contributed by atoms with van der Waals surface area (Å²) >= 11 is 9.79. The third-order valence-electron chi connectivity index (χ3n) is 3.21. The fourth-order valence-electron chi connectivity index (χ4n) is 2.22. The Labute approximate surface area is 132 Å². The first kappa shape index (κ1) is 15.5. The highest BCUT2D eigenvalue weighted by molar-refractivity contribution is 9.10. The van der Waals surface area contributed by atoms with Crippen LogP contribution in [0.25, 0.3) is 0 Å². The van der Waals surface area contributed by atoms with Gasteiger partial charge in [0.2, 0.25) is 0 Å². The fraction of sp³-hybridized carbons (Fsp3) is 0.250. The van der Waals surface area contributed by atoms with E-state index in [0.29, 0.717) is 10.6 Å². The van der Waals surface area contributed by atoms with Gasteiger partial charge in [-0.2, -0.15) is 0 Å². The van der Waals surface area contributed by atoms with Crippen molar-refractivity contribution in [2.75, 3.05) is 6.54 Å². The van der Waals surface area contributed by atoms with E-state index < -0.39 is 0 Å². The second-order valence-electron chi connectivity index (χ2n) is 4.63. The fourth-order valence-corrected chi connectivity index (χ4v) is 2.83. The SMILES string of the molecule is CCNC(c1cc(Br)ccc1F)c1cccc(C)c1Cl. The van der Waals surface area contributed by atoms with E-state index >= 15 is 0 Å². The lowest BCUT2D eigenvalue weighted by atomic mass is 9.96. The molecule has 0 aliphatic carbocycles. The smallest absolute Gasteiger partial charge is 0.128 e. The van der Waals surface area contributed by atoms with Gasteiger partial charge in [-0.05, 0) is 42.8 Å². The van der Waals surface area contributed by atoms with Crippen LogP contribution in [0.2, 0.25) is 5.02 Å². The van der Waals surface area contributed by atoms with Crippen LogP contribution in [0.4, 0.5) is 4.39 Å². The summed E-state index contributed by atoms with van der Waals surface area (Å²) in [5, 5.41) is 3.98. The number of hydrogen-bond donors (Lipinski definition) is 1. The normalized spacial score (nSPS) is 12.4. The molecular weight excluding hydrogens is 341 g/mol. The van der Waals surface area contributed by atoms with Gasteiger partial charge >= 0.3 is 0 Å². The lowest BCUT2D eigenvalue weighted by Gasteiger charge is -2.21. The Bertz CT molecular complexity index is 613. The number of halogens is 3. The van der Waals surface area contributed by atoms with Gasteiger partial charge in [-0.1, -0.05) is 52.7 Å². The van der Waals surface area contributed by atoms with Crippen LogP contribution in [0, 0.1) is 12.7 Å². The summed E-state index contributed by atoms with van der Waals surface area (Å²) in [6.45, 7) is 4.67. The Morgan fingerprint density at radius 3 is 2.70 bits per heavy atom. The molecule has 1 unspecified atom stereocenters. The second kappa shape index (κ2) is 6.70. The minimum atomic E-state index is -0.259. The van der Waals surface area contributed by atoms with Gasteiger partial charge in [0.25, 0.3) is 0 Å². The Morgan fingerprint density at radius 2 is 2.00 bits per heavy atom. The van der Waals surface area contributed by atoms with Gasteiger partial charge in [0.15, 0.2) is 0 Å². The summed E-state index contributed by atoms with van der Waals surface area (Å²) in [6, 6.07) is 10.5. The predicted molar refractivity (Wildman–Crippen MR) is 85.8 cm³/mol. The molecule has 1 atom stereocenters. The van der Waals surface area contributed by atoms with Crippen LogP contribution in [0.1, 0.15) is 29.7 Å². The Morgan fingerprint density at radius 1 is 1.25 bits per heavy atom. The average Bonchev–Trinajstić information content (AvgIpc) is 2.43. The van der Waals surface area contributed by atoms with Gasteiger partial charge in [0.05, 0.1) is 6.04 Å². The highest BCUT2D eigenvalue weighted by atomic mass is 79.9. The van der Waals surface area contributed by atoms with Gasteiger partial charge in [-0.25, -0.2) is 4.39 Å². The van der Waals surface area contributed by atoms with E-state index in [4.69, 9.17) is 11.6 Å². The van der Waals surface area contributed by atoms with Crippen molar-refractivity contribution in [1.82, 2.24) is 5.32 Å². The molecule has 1 N–H and O–H groups in total. The lowest BCUT2D eigenvalue weighted by molar-refractivity contribution is 0.558. The summed E-state index contributed by atoms with van der Waals surface area (Å²) < 4.78 is 15.0. The minimum Gasteiger partial charge on any atom is -0.306 e. The number of aryl methyl sites for hydroxylation is 1. The van der Waals surface area contributed by atoms with Gasteiger partial charge in [-0.3, -0.25) is 0 Å². The van der Waals surface area contributed by atoms with Gasteiger partial charge < -0.3 is 5.32 Å². The number of rotatable bonds is 4. The molecule has 4 heteroatoms. The third kappa shape index (κ3) is 3.22. The number of nitrogens with one attached hydrogen (secondary N) is 1. The standard InChI is InChI=1S/C16H16BrClFN/c1-3-20-16(12-6-4-5-10(2)15(12)18)13-9-11(17)7-8-14(13)19/h4-9,16,20H,3H2,1-2H3. The Kier molecular flexibility index (Phi) is 5.19. The quantitative estimate of drug-likeness (QED) is 0.789. The van der Waals surface area contributed by atoms with E-state index in [0.717, 1.165) is 22.1 Å². The first-order valence-corrected chi connectivity index (χ1v) is 7.65. The second-order valence-corrected chi connectivity index (χ2v) is 5.93. The average molecular weight is 357 g/mol. The summed E-state index contributed by atoms with van der Waals surface area (Å²) in [4.78, 5) is 0. The molecule has 0 aliphatic rings. The van der Waals surface area contributed by atoms with Crippen molar-refractivity contribution in [3.05, 3.63) is 68.4 Å². The largest absolute Gasteiger partial charge is 0.306 e. The maximum atomic E-state index is 14.2. The molecule has 106 valence electrons. The highest BCUT2D eigenvalue weighted by Crippen LogP contribution is 2.32. The van der Waals surface area contributed by atoms with Gasteiger partial charge in [0, 0.05) is 15.1 Å². The molecular formula is C16H16BrClFN. The van der Waals surface area contributed by atoms with Crippen LogP contribution >= 0.6 is 27.5 Å². The van der Waals surface area contributed by atoms with Gasteiger partial charge in [-0.15, -0.1) is 0 Å². The van der Waals surface area contributed by atoms with Crippen LogP contribution in [0.3, 0.4) is 0 Å². The molecule has 0 fully saturated rings. The van der Waals surface area contributed by atoms with Crippen molar-refractivity contribution in [3.63, 3.8) is 0 Å². The van der Waals surface area contributed by atoms with E-state index in [-0.39, 0.29) is 11.9 Å². The van der Waals surface area contributed by atoms with E-state index in [1.807, 2.05) is 32.0 Å². The molecule has 0 radical (unpaired) electrons. The number of hydrogen-bond acceptors (Lipinski definition) is 1. The van der Waals surface area contributed by atoms with Crippen molar-refractivity contribution < 1.29 is 4.39 Å². The topological polar surface area (TPSA) is 12.0 Å². The van der Waals surface area contributed by atoms with Crippen molar-refractivity contribution in [2.45, 2.75) is 19.9 Å². The lowest BCUT2D eigenvalue weighted by Crippen LogP contribution is -2.23. The first-order chi connectivity index (χ1) is 9.54. The summed E-state index contributed by atoms with van der Waals surface area (Å²) in [5.41, 5.74) is 2.47. The molecule has 0 aliphatic heterocycles. The zero-order valence-corrected chi connectivity index (χ0v) is 13.7. The Balaban J connectivity index is 2.56. The Hall–Kier alpha value is -0.900. The maximum Gasteiger partial charge on any atom is 0.128 e. The van der Waals surface area contributed by atoms with E-state index in [1.54, 1.807) is 12.1 Å². The first-order valence-electron chi connectivity index (χ1n) is 6.48. The third-order valence-corrected chi connectivity index (χ3v) is 4.22. The molecule has 2 rings (SSSR count). The molecule has 0 spiro atoms. The van der Waals surface area contributed by atoms with Crippen molar-refractivity contribution in [1.29, 1.82) is 0 Å². The van der Waals surface area contributed by atoms with E-state index in [2.05, 4.69) is 21.2 Å². The molecule has 0 heterocycles. The molecule has 2 aromatic rings. The van der Waals surface area contributed by atoms with Gasteiger partial charge in [0.1, 0.15) is 5.82 Å². The van der Waals surface area contributed by atoms with Crippen LogP contribution in [0.5, 0.6) is 0 Å². The molecule has 2 aromatic carbocycles. The van der Waals surface area contributed by atoms with Crippen molar-refractivity contribution in [2.24, 2.45) is 0 Å².